The zero-order valence-corrected chi connectivity index (χ0v) is 13.7. The van der Waals surface area contributed by atoms with E-state index >= 15 is 0 Å². The number of carbonyl (C=O) groups excluding carboxylic acids is 1. The molecular weight excluding hydrogens is 314 g/mol. The first-order valence-electron chi connectivity index (χ1n) is 6.06. The highest BCUT2D eigenvalue weighted by atomic mass is 31.2. The summed E-state index contributed by atoms with van der Waals surface area (Å²) in [6, 6.07) is 0. The van der Waals surface area contributed by atoms with Gasteiger partial charge in [-0.25, -0.2) is 13.9 Å². The third kappa shape index (κ3) is 7.38. The van der Waals surface area contributed by atoms with E-state index in [0.717, 1.165) is 0 Å². The van der Waals surface area contributed by atoms with Gasteiger partial charge in [0.25, 0.3) is 0 Å². The summed E-state index contributed by atoms with van der Waals surface area (Å²) < 4.78 is 51.5. The lowest BCUT2D eigenvalue weighted by Crippen LogP contribution is -2.10. The number of rotatable bonds is 10. The van der Waals surface area contributed by atoms with Crippen molar-refractivity contribution < 1.29 is 41.1 Å². The zero-order valence-electron chi connectivity index (χ0n) is 11.9. The summed E-state index contributed by atoms with van der Waals surface area (Å²) in [7, 11) is -8.21. The van der Waals surface area contributed by atoms with Crippen molar-refractivity contribution in [3.05, 3.63) is 0 Å². The number of hydrogen-bond donors (Lipinski definition) is 0. The Bertz CT molecular complexity index is 330. The van der Waals surface area contributed by atoms with E-state index in [-0.39, 0.29) is 26.4 Å². The van der Waals surface area contributed by atoms with Gasteiger partial charge in [-0.1, -0.05) is 0 Å². The normalized spacial score (nSPS) is 12.2. The first kappa shape index (κ1) is 19.6. The van der Waals surface area contributed by atoms with E-state index in [1.165, 1.54) is 27.7 Å². The van der Waals surface area contributed by atoms with Gasteiger partial charge in [0.2, 0.25) is 0 Å². The molecule has 0 rings (SSSR count). The summed E-state index contributed by atoms with van der Waals surface area (Å²) >= 11 is 0. The van der Waals surface area contributed by atoms with Gasteiger partial charge >= 0.3 is 21.8 Å². The van der Waals surface area contributed by atoms with Gasteiger partial charge in [0.05, 0.1) is 26.4 Å². The van der Waals surface area contributed by atoms with Crippen LogP contribution in [0.5, 0.6) is 0 Å². The standard InChI is InChI=1S/C9H20O9P2/c1-5-13-19(11,14-6-2)17-9(10)18-20(12,15-7-3)16-8-4/h5-8H2,1-4H3. The molecule has 0 aliphatic rings. The SMILES string of the molecule is CCOP(=O)(OCC)OC(=O)OP(=O)(OCC)OCC. The van der Waals surface area contributed by atoms with Crippen LogP contribution in [0, 0.1) is 0 Å². The molecule has 0 aromatic heterocycles. The average molecular weight is 334 g/mol. The van der Waals surface area contributed by atoms with Crippen LogP contribution < -0.4 is 0 Å². The number of carbonyl (C=O) groups is 1. The van der Waals surface area contributed by atoms with E-state index in [2.05, 4.69) is 9.05 Å². The molecule has 0 saturated heterocycles. The van der Waals surface area contributed by atoms with Crippen molar-refractivity contribution in [1.29, 1.82) is 0 Å². The van der Waals surface area contributed by atoms with Crippen LogP contribution in [0.25, 0.3) is 0 Å². The molecule has 0 radical (unpaired) electrons. The Labute approximate surface area is 118 Å². The third-order valence-electron chi connectivity index (χ3n) is 1.52. The fourth-order valence-corrected chi connectivity index (χ4v) is 3.13. The van der Waals surface area contributed by atoms with Gasteiger partial charge in [0.1, 0.15) is 0 Å². The second kappa shape index (κ2) is 9.50. The topological polar surface area (TPSA) is 107 Å². The third-order valence-corrected chi connectivity index (χ3v) is 4.56. The van der Waals surface area contributed by atoms with Gasteiger partial charge in [-0.2, -0.15) is 0 Å². The molecule has 0 saturated carbocycles. The summed E-state index contributed by atoms with van der Waals surface area (Å²) in [4.78, 5) is 11.5. The molecule has 0 aromatic carbocycles. The Morgan fingerprint density at radius 1 is 0.700 bits per heavy atom. The van der Waals surface area contributed by atoms with Crippen LogP contribution in [-0.4, -0.2) is 32.6 Å². The molecule has 0 bridgehead atoms. The van der Waals surface area contributed by atoms with E-state index in [1.807, 2.05) is 0 Å². The van der Waals surface area contributed by atoms with Crippen molar-refractivity contribution in [3.63, 3.8) is 0 Å². The van der Waals surface area contributed by atoms with Gasteiger partial charge in [-0.05, 0) is 27.7 Å². The van der Waals surface area contributed by atoms with Crippen LogP contribution in [0.2, 0.25) is 0 Å². The predicted octanol–water partition coefficient (Wildman–Crippen LogP) is 3.50. The van der Waals surface area contributed by atoms with E-state index in [1.54, 1.807) is 0 Å². The molecule has 0 spiro atoms. The molecule has 0 unspecified atom stereocenters. The predicted molar refractivity (Wildman–Crippen MR) is 69.3 cm³/mol. The molecule has 0 fully saturated rings. The Hall–Kier alpha value is -0.430. The monoisotopic (exact) mass is 334 g/mol. The van der Waals surface area contributed by atoms with Crippen LogP contribution in [-0.2, 0) is 36.3 Å². The van der Waals surface area contributed by atoms with E-state index in [0.29, 0.717) is 0 Å². The van der Waals surface area contributed by atoms with Crippen LogP contribution in [0.1, 0.15) is 27.7 Å². The second-order valence-corrected chi connectivity index (χ2v) is 6.18. The molecule has 120 valence electrons. The smallest absolute Gasteiger partial charge is 0.337 e. The summed E-state index contributed by atoms with van der Waals surface area (Å²) in [5, 5.41) is 0. The quantitative estimate of drug-likeness (QED) is 0.555. The zero-order chi connectivity index (χ0) is 15.6. The highest BCUT2D eigenvalue weighted by Gasteiger charge is 2.37. The minimum absolute atomic E-state index is 0.0147. The van der Waals surface area contributed by atoms with Crippen molar-refractivity contribution in [2.75, 3.05) is 26.4 Å². The van der Waals surface area contributed by atoms with Gasteiger partial charge in [-0.3, -0.25) is 18.1 Å². The van der Waals surface area contributed by atoms with E-state index in [4.69, 9.17) is 18.1 Å². The minimum Gasteiger partial charge on any atom is -0.337 e. The van der Waals surface area contributed by atoms with Gasteiger partial charge in [0, 0.05) is 0 Å². The highest BCUT2D eigenvalue weighted by Crippen LogP contribution is 2.54. The molecule has 0 amide bonds. The summed E-state index contributed by atoms with van der Waals surface area (Å²) in [6.45, 7) is 6.07. The maximum Gasteiger partial charge on any atom is 0.534 e. The summed E-state index contributed by atoms with van der Waals surface area (Å²) in [5.41, 5.74) is 0. The lowest BCUT2D eigenvalue weighted by Gasteiger charge is -2.18. The molecule has 0 N–H and O–H groups in total. The van der Waals surface area contributed by atoms with Crippen LogP contribution in [0.4, 0.5) is 4.79 Å². The van der Waals surface area contributed by atoms with Crippen molar-refractivity contribution in [1.82, 2.24) is 0 Å². The van der Waals surface area contributed by atoms with Gasteiger partial charge < -0.3 is 9.05 Å². The molecule has 11 heteroatoms. The van der Waals surface area contributed by atoms with E-state index in [9.17, 15) is 13.9 Å². The number of hydrogen-bond acceptors (Lipinski definition) is 9. The molecule has 9 nitrogen and oxygen atoms in total. The minimum atomic E-state index is -4.11. The second-order valence-electron chi connectivity index (χ2n) is 3.00. The Balaban J connectivity index is 4.72. The molecule has 0 atom stereocenters. The first-order chi connectivity index (χ1) is 9.34. The number of phosphoric acid groups is 2. The van der Waals surface area contributed by atoms with Gasteiger partial charge in [0.15, 0.2) is 0 Å². The summed E-state index contributed by atoms with van der Waals surface area (Å²) in [6.07, 6.45) is -1.53. The lowest BCUT2D eigenvalue weighted by atomic mass is 10.9. The highest BCUT2D eigenvalue weighted by molar-refractivity contribution is 7.50. The Morgan fingerprint density at radius 2 is 0.950 bits per heavy atom. The molecule has 20 heavy (non-hydrogen) atoms. The maximum absolute atomic E-state index is 11.9. The molecule has 0 aliphatic heterocycles. The largest absolute Gasteiger partial charge is 0.534 e. The average Bonchev–Trinajstić information content (AvgIpc) is 2.28. The first-order valence-corrected chi connectivity index (χ1v) is 8.98. The van der Waals surface area contributed by atoms with Crippen molar-refractivity contribution in [3.8, 4) is 0 Å². The van der Waals surface area contributed by atoms with Crippen LogP contribution in [0.15, 0.2) is 0 Å². The van der Waals surface area contributed by atoms with Gasteiger partial charge in [-0.15, -0.1) is 0 Å². The molecular formula is C9H20O9P2. The van der Waals surface area contributed by atoms with Crippen molar-refractivity contribution >= 4 is 21.8 Å². The van der Waals surface area contributed by atoms with Crippen LogP contribution >= 0.6 is 15.6 Å². The van der Waals surface area contributed by atoms with E-state index < -0.39 is 21.8 Å². The summed E-state index contributed by atoms with van der Waals surface area (Å²) in [5.74, 6) is 0. The lowest BCUT2D eigenvalue weighted by molar-refractivity contribution is 0.0822. The Morgan fingerprint density at radius 3 is 1.15 bits per heavy atom. The van der Waals surface area contributed by atoms with Crippen molar-refractivity contribution in [2.24, 2.45) is 0 Å². The number of phosphoric ester groups is 2. The van der Waals surface area contributed by atoms with Crippen LogP contribution in [0.3, 0.4) is 0 Å². The molecule has 0 aromatic rings. The fourth-order valence-electron chi connectivity index (χ4n) is 1.01. The Kier molecular flexibility index (Phi) is 9.29. The maximum atomic E-state index is 11.9. The van der Waals surface area contributed by atoms with Crippen molar-refractivity contribution in [2.45, 2.75) is 27.7 Å². The molecule has 0 heterocycles. The molecule has 0 aliphatic carbocycles. The fraction of sp³-hybridized carbons (Fsp3) is 0.889.